The lowest BCUT2D eigenvalue weighted by Gasteiger charge is -2.21. The summed E-state index contributed by atoms with van der Waals surface area (Å²) >= 11 is 1.61. The minimum absolute atomic E-state index is 0.199. The van der Waals surface area contributed by atoms with Gasteiger partial charge in [0.1, 0.15) is 0 Å². The van der Waals surface area contributed by atoms with Crippen molar-refractivity contribution < 1.29 is 0 Å². The average Bonchev–Trinajstić information content (AvgIpc) is 2.82. The first-order valence-corrected chi connectivity index (χ1v) is 6.92. The second kappa shape index (κ2) is 6.29. The highest BCUT2D eigenvalue weighted by atomic mass is 32.1. The van der Waals surface area contributed by atoms with Gasteiger partial charge >= 0.3 is 0 Å². The van der Waals surface area contributed by atoms with Gasteiger partial charge in [0.25, 0.3) is 0 Å². The maximum atomic E-state index is 7.36. The van der Waals surface area contributed by atoms with E-state index < -0.39 is 0 Å². The molecule has 100 valence electrons. The number of nitrogens with zero attached hydrogens (tertiary/aromatic N) is 3. The molecule has 5 nitrogen and oxygen atoms in total. The number of aryl methyl sites for hydroxylation is 1. The van der Waals surface area contributed by atoms with Crippen LogP contribution in [0.4, 0.5) is 5.13 Å². The van der Waals surface area contributed by atoms with Gasteiger partial charge in [0, 0.05) is 37.3 Å². The number of aromatic nitrogens is 2. The molecule has 0 aliphatic carbocycles. The summed E-state index contributed by atoms with van der Waals surface area (Å²) in [6.07, 6.45) is 4.15. The van der Waals surface area contributed by atoms with E-state index in [9.17, 15) is 0 Å². The number of anilines is 1. The molecule has 6 heteroatoms. The molecule has 2 aromatic heterocycles. The fourth-order valence-electron chi connectivity index (χ4n) is 1.70. The smallest absolute Gasteiger partial charge is 0.185 e. The van der Waals surface area contributed by atoms with Crippen LogP contribution in [0.3, 0.4) is 0 Å². The van der Waals surface area contributed by atoms with E-state index in [-0.39, 0.29) is 5.84 Å². The van der Waals surface area contributed by atoms with Crippen LogP contribution in [0.25, 0.3) is 0 Å². The van der Waals surface area contributed by atoms with Gasteiger partial charge in [-0.05, 0) is 18.6 Å². The maximum absolute atomic E-state index is 7.36. The summed E-state index contributed by atoms with van der Waals surface area (Å²) in [5, 5.41) is 10.3. The SMILES string of the molecule is Cc1csc(N(CCC(=N)N)Cc2cccnc2)n1. The van der Waals surface area contributed by atoms with Gasteiger partial charge in [-0.3, -0.25) is 10.4 Å². The normalized spacial score (nSPS) is 10.4. The predicted molar refractivity (Wildman–Crippen MR) is 78.7 cm³/mol. The molecule has 0 amide bonds. The summed E-state index contributed by atoms with van der Waals surface area (Å²) in [6, 6.07) is 3.96. The van der Waals surface area contributed by atoms with E-state index in [1.165, 1.54) is 0 Å². The Labute approximate surface area is 116 Å². The van der Waals surface area contributed by atoms with Crippen LogP contribution in [0.2, 0.25) is 0 Å². The Hall–Kier alpha value is -1.95. The van der Waals surface area contributed by atoms with Crippen LogP contribution in [0, 0.1) is 12.3 Å². The number of amidine groups is 1. The lowest BCUT2D eigenvalue weighted by molar-refractivity contribution is 0.793. The van der Waals surface area contributed by atoms with E-state index in [1.54, 1.807) is 17.5 Å². The van der Waals surface area contributed by atoms with Crippen LogP contribution in [-0.2, 0) is 6.54 Å². The van der Waals surface area contributed by atoms with Crippen molar-refractivity contribution in [2.75, 3.05) is 11.4 Å². The molecule has 0 unspecified atom stereocenters. The first-order chi connectivity index (χ1) is 9.15. The topological polar surface area (TPSA) is 78.9 Å². The van der Waals surface area contributed by atoms with Crippen LogP contribution < -0.4 is 10.6 Å². The van der Waals surface area contributed by atoms with Crippen LogP contribution in [0.15, 0.2) is 29.9 Å². The van der Waals surface area contributed by atoms with Gasteiger partial charge in [-0.2, -0.15) is 0 Å². The quantitative estimate of drug-likeness (QED) is 0.625. The number of thiazole rings is 1. The minimum Gasteiger partial charge on any atom is -0.388 e. The van der Waals surface area contributed by atoms with E-state index in [4.69, 9.17) is 11.1 Å². The number of pyridine rings is 1. The highest BCUT2D eigenvalue weighted by molar-refractivity contribution is 7.13. The molecular formula is C13H17N5S. The maximum Gasteiger partial charge on any atom is 0.185 e. The summed E-state index contributed by atoms with van der Waals surface area (Å²) in [5.74, 6) is 0.199. The van der Waals surface area contributed by atoms with Crippen molar-refractivity contribution in [3.8, 4) is 0 Å². The summed E-state index contributed by atoms with van der Waals surface area (Å²) < 4.78 is 0. The zero-order valence-corrected chi connectivity index (χ0v) is 11.7. The molecule has 0 radical (unpaired) electrons. The van der Waals surface area contributed by atoms with E-state index in [1.807, 2.05) is 30.6 Å². The first kappa shape index (κ1) is 13.5. The summed E-state index contributed by atoms with van der Waals surface area (Å²) in [7, 11) is 0. The summed E-state index contributed by atoms with van der Waals surface area (Å²) in [5.41, 5.74) is 7.58. The highest BCUT2D eigenvalue weighted by Gasteiger charge is 2.11. The van der Waals surface area contributed by atoms with Crippen molar-refractivity contribution in [3.05, 3.63) is 41.2 Å². The van der Waals surface area contributed by atoms with Crippen molar-refractivity contribution in [3.63, 3.8) is 0 Å². The third-order valence-corrected chi connectivity index (χ3v) is 3.64. The average molecular weight is 275 g/mol. The van der Waals surface area contributed by atoms with Crippen molar-refractivity contribution >= 4 is 22.3 Å². The predicted octanol–water partition coefficient (Wildman–Crippen LogP) is 2.18. The standard InChI is InChI=1S/C13H17N5S/c1-10-9-19-13(17-10)18(6-4-12(14)15)8-11-3-2-5-16-7-11/h2-3,5,7,9H,4,6,8H2,1H3,(H3,14,15). The van der Waals surface area contributed by atoms with E-state index in [0.717, 1.165) is 22.9 Å². The molecule has 0 bridgehead atoms. The largest absolute Gasteiger partial charge is 0.388 e. The summed E-state index contributed by atoms with van der Waals surface area (Å²) in [6.45, 7) is 3.40. The molecule has 0 aliphatic heterocycles. The zero-order valence-electron chi connectivity index (χ0n) is 10.8. The molecule has 0 fully saturated rings. The highest BCUT2D eigenvalue weighted by Crippen LogP contribution is 2.22. The lowest BCUT2D eigenvalue weighted by Crippen LogP contribution is -2.27. The van der Waals surface area contributed by atoms with Gasteiger partial charge in [-0.15, -0.1) is 11.3 Å². The Bertz CT molecular complexity index is 537. The molecule has 3 N–H and O–H groups in total. The third kappa shape index (κ3) is 4.03. The summed E-state index contributed by atoms with van der Waals surface area (Å²) in [4.78, 5) is 10.8. The monoisotopic (exact) mass is 275 g/mol. The number of rotatable bonds is 6. The zero-order chi connectivity index (χ0) is 13.7. The number of hydrogen-bond donors (Lipinski definition) is 2. The molecular weight excluding hydrogens is 258 g/mol. The number of nitrogens with one attached hydrogen (secondary N) is 1. The second-order valence-electron chi connectivity index (χ2n) is 4.33. The Morgan fingerprint density at radius 2 is 2.37 bits per heavy atom. The van der Waals surface area contributed by atoms with E-state index >= 15 is 0 Å². The van der Waals surface area contributed by atoms with Gasteiger partial charge in [0.15, 0.2) is 5.13 Å². The molecule has 0 spiro atoms. The van der Waals surface area contributed by atoms with Gasteiger partial charge < -0.3 is 10.6 Å². The van der Waals surface area contributed by atoms with Crippen LogP contribution in [-0.4, -0.2) is 22.3 Å². The molecule has 0 saturated carbocycles. The van der Waals surface area contributed by atoms with Crippen molar-refractivity contribution in [2.45, 2.75) is 19.9 Å². The minimum atomic E-state index is 0.199. The molecule has 0 atom stereocenters. The van der Waals surface area contributed by atoms with Gasteiger partial charge in [-0.25, -0.2) is 4.98 Å². The number of nitrogens with two attached hydrogens (primary N) is 1. The Balaban J connectivity index is 2.12. The van der Waals surface area contributed by atoms with Crippen molar-refractivity contribution in [1.82, 2.24) is 9.97 Å². The van der Waals surface area contributed by atoms with E-state index in [0.29, 0.717) is 13.0 Å². The molecule has 0 aromatic carbocycles. The van der Waals surface area contributed by atoms with Crippen molar-refractivity contribution in [1.29, 1.82) is 5.41 Å². The Kier molecular flexibility index (Phi) is 4.46. The molecule has 2 aromatic rings. The Morgan fingerprint density at radius 1 is 1.53 bits per heavy atom. The van der Waals surface area contributed by atoms with Crippen molar-refractivity contribution in [2.24, 2.45) is 5.73 Å². The van der Waals surface area contributed by atoms with E-state index in [2.05, 4.69) is 14.9 Å². The molecule has 0 aliphatic rings. The first-order valence-electron chi connectivity index (χ1n) is 6.04. The fourth-order valence-corrected chi connectivity index (χ4v) is 2.53. The van der Waals surface area contributed by atoms with Gasteiger partial charge in [0.2, 0.25) is 0 Å². The van der Waals surface area contributed by atoms with Crippen LogP contribution in [0.1, 0.15) is 17.7 Å². The van der Waals surface area contributed by atoms with Crippen LogP contribution in [0.5, 0.6) is 0 Å². The van der Waals surface area contributed by atoms with Gasteiger partial charge in [0.05, 0.1) is 11.5 Å². The van der Waals surface area contributed by atoms with Gasteiger partial charge in [-0.1, -0.05) is 6.07 Å². The third-order valence-electron chi connectivity index (χ3n) is 2.62. The second-order valence-corrected chi connectivity index (χ2v) is 5.17. The Morgan fingerprint density at radius 3 is 2.95 bits per heavy atom. The fraction of sp³-hybridized carbons (Fsp3) is 0.308. The van der Waals surface area contributed by atoms with Crippen LogP contribution >= 0.6 is 11.3 Å². The molecule has 2 rings (SSSR count). The lowest BCUT2D eigenvalue weighted by atomic mass is 10.2. The molecule has 19 heavy (non-hydrogen) atoms. The number of hydrogen-bond acceptors (Lipinski definition) is 5. The molecule has 0 saturated heterocycles. The molecule has 2 heterocycles.